The van der Waals surface area contributed by atoms with Crippen LogP contribution in [-0.4, -0.2) is 37.0 Å². The minimum Gasteiger partial charge on any atom is -0.344 e. The highest BCUT2D eigenvalue weighted by Crippen LogP contribution is 2.09. The van der Waals surface area contributed by atoms with Crippen molar-refractivity contribution in [3.8, 4) is 0 Å². The molecule has 1 rings (SSSR count). The molecule has 0 spiro atoms. The fraction of sp³-hybridized carbons (Fsp3) is 0.625. The Balaban J connectivity index is 2.35. The van der Waals surface area contributed by atoms with E-state index < -0.39 is 0 Å². The van der Waals surface area contributed by atoms with Gasteiger partial charge in [0.1, 0.15) is 0 Å². The van der Waals surface area contributed by atoms with Gasteiger partial charge >= 0.3 is 0 Å². The van der Waals surface area contributed by atoms with Gasteiger partial charge in [-0.25, -0.2) is 0 Å². The molecule has 0 aromatic heterocycles. The van der Waals surface area contributed by atoms with Crippen molar-refractivity contribution in [3.05, 3.63) is 10.6 Å². The molecule has 0 aliphatic carbocycles. The van der Waals surface area contributed by atoms with Crippen molar-refractivity contribution in [2.45, 2.75) is 12.5 Å². The van der Waals surface area contributed by atoms with E-state index in [2.05, 4.69) is 5.32 Å². The zero-order valence-electron chi connectivity index (χ0n) is 7.39. The second-order valence-electron chi connectivity index (χ2n) is 3.04. The highest BCUT2D eigenvalue weighted by Gasteiger charge is 2.28. The third-order valence-electron chi connectivity index (χ3n) is 2.06. The molecule has 1 heterocycles. The number of nitrogens with zero attached hydrogens (tertiary/aromatic N) is 1. The number of amides is 1. The van der Waals surface area contributed by atoms with Crippen LogP contribution >= 0.6 is 23.2 Å². The van der Waals surface area contributed by atoms with Gasteiger partial charge in [-0.1, -0.05) is 23.2 Å². The molecule has 1 aliphatic heterocycles. The maximum absolute atomic E-state index is 11.4. The molecule has 1 saturated heterocycles. The first kappa shape index (κ1) is 10.8. The normalized spacial score (nSPS) is 24.2. The van der Waals surface area contributed by atoms with E-state index in [9.17, 15) is 4.79 Å². The van der Waals surface area contributed by atoms with Crippen LogP contribution in [0.5, 0.6) is 0 Å². The molecule has 5 heteroatoms. The van der Waals surface area contributed by atoms with Gasteiger partial charge in [0.2, 0.25) is 5.91 Å². The fourth-order valence-electron chi connectivity index (χ4n) is 1.27. The lowest BCUT2D eigenvalue weighted by Gasteiger charge is -2.11. The summed E-state index contributed by atoms with van der Waals surface area (Å²) in [6.07, 6.45) is 0.835. The van der Waals surface area contributed by atoms with Gasteiger partial charge < -0.3 is 10.2 Å². The third-order valence-corrected chi connectivity index (χ3v) is 2.68. The number of hydrogen-bond donors (Lipinski definition) is 1. The van der Waals surface area contributed by atoms with Gasteiger partial charge in [0.15, 0.2) is 0 Å². The Hall–Kier alpha value is -0.250. The first-order chi connectivity index (χ1) is 6.15. The van der Waals surface area contributed by atoms with Gasteiger partial charge in [0, 0.05) is 30.7 Å². The van der Waals surface area contributed by atoms with E-state index in [1.54, 1.807) is 11.9 Å². The van der Waals surface area contributed by atoms with E-state index in [1.165, 1.54) is 5.54 Å². The molecule has 1 atom stereocenters. The van der Waals surface area contributed by atoms with Gasteiger partial charge in [-0.15, -0.1) is 0 Å². The zero-order valence-corrected chi connectivity index (χ0v) is 8.90. The van der Waals surface area contributed by atoms with Crippen LogP contribution in [0.25, 0.3) is 0 Å². The van der Waals surface area contributed by atoms with E-state index in [0.717, 1.165) is 13.0 Å². The standard InChI is InChI=1S/C8H12Cl2N2O/c1-12-3-2-7(8(12)13)11-5-6(10)4-9/h4,7,11H,2-3,5H2,1H3. The van der Waals surface area contributed by atoms with Gasteiger partial charge in [-0.3, -0.25) is 4.79 Å². The average molecular weight is 223 g/mol. The number of likely N-dealkylation sites (tertiary alicyclic amines) is 1. The number of carbonyl (C=O) groups excluding carboxylic acids is 1. The molecule has 0 aromatic rings. The first-order valence-corrected chi connectivity index (χ1v) is 4.89. The van der Waals surface area contributed by atoms with Crippen LogP contribution in [-0.2, 0) is 4.79 Å². The second-order valence-corrected chi connectivity index (χ2v) is 3.74. The predicted molar refractivity (Wildman–Crippen MR) is 53.8 cm³/mol. The van der Waals surface area contributed by atoms with Crippen molar-refractivity contribution in [2.24, 2.45) is 0 Å². The lowest BCUT2D eigenvalue weighted by molar-refractivity contribution is -0.128. The summed E-state index contributed by atoms with van der Waals surface area (Å²) in [5.41, 5.74) is 1.30. The first-order valence-electron chi connectivity index (χ1n) is 4.08. The van der Waals surface area contributed by atoms with Crippen molar-refractivity contribution in [1.29, 1.82) is 0 Å². The van der Waals surface area contributed by atoms with Crippen LogP contribution in [0.2, 0.25) is 0 Å². The summed E-state index contributed by atoms with van der Waals surface area (Å²) in [5.74, 6) is 0.124. The molecule has 3 nitrogen and oxygen atoms in total. The lowest BCUT2D eigenvalue weighted by atomic mass is 10.2. The Bertz CT molecular complexity index is 230. The van der Waals surface area contributed by atoms with Crippen LogP contribution in [0.15, 0.2) is 10.6 Å². The number of halogens is 2. The number of rotatable bonds is 3. The molecule has 1 amide bonds. The van der Waals surface area contributed by atoms with Crippen LogP contribution in [0.4, 0.5) is 0 Å². The minimum atomic E-state index is -0.102. The van der Waals surface area contributed by atoms with Crippen molar-refractivity contribution < 1.29 is 4.79 Å². The largest absolute Gasteiger partial charge is 0.344 e. The summed E-state index contributed by atoms with van der Waals surface area (Å²) < 4.78 is 0. The van der Waals surface area contributed by atoms with Crippen molar-refractivity contribution in [3.63, 3.8) is 0 Å². The topological polar surface area (TPSA) is 32.3 Å². The minimum absolute atomic E-state index is 0.102. The molecule has 13 heavy (non-hydrogen) atoms. The number of likely N-dealkylation sites (N-methyl/N-ethyl adjacent to an activating group) is 1. The van der Waals surface area contributed by atoms with E-state index >= 15 is 0 Å². The zero-order chi connectivity index (χ0) is 9.84. The molecule has 0 aromatic carbocycles. The number of nitrogens with one attached hydrogen (secondary N) is 1. The van der Waals surface area contributed by atoms with E-state index in [0.29, 0.717) is 11.6 Å². The van der Waals surface area contributed by atoms with Crippen LogP contribution in [0.1, 0.15) is 6.42 Å². The average Bonchev–Trinajstić information content (AvgIpc) is 2.44. The van der Waals surface area contributed by atoms with E-state index in [1.807, 2.05) is 0 Å². The van der Waals surface area contributed by atoms with Crippen molar-refractivity contribution >= 4 is 29.1 Å². The Morgan fingerprint density at radius 3 is 3.00 bits per heavy atom. The Morgan fingerprint density at radius 2 is 2.54 bits per heavy atom. The monoisotopic (exact) mass is 222 g/mol. The molecule has 1 aliphatic rings. The lowest BCUT2D eigenvalue weighted by Crippen LogP contribution is -2.37. The quantitative estimate of drug-likeness (QED) is 0.777. The molecule has 0 saturated carbocycles. The van der Waals surface area contributed by atoms with Crippen molar-refractivity contribution in [2.75, 3.05) is 20.1 Å². The van der Waals surface area contributed by atoms with Crippen LogP contribution < -0.4 is 5.32 Å². The summed E-state index contributed by atoms with van der Waals surface area (Å²) >= 11 is 11.0. The highest BCUT2D eigenvalue weighted by molar-refractivity contribution is 6.36. The van der Waals surface area contributed by atoms with E-state index in [4.69, 9.17) is 23.2 Å². The van der Waals surface area contributed by atoms with E-state index in [-0.39, 0.29) is 11.9 Å². The maximum atomic E-state index is 11.4. The molecular formula is C8H12Cl2N2O. The van der Waals surface area contributed by atoms with Gasteiger partial charge in [-0.05, 0) is 6.42 Å². The van der Waals surface area contributed by atoms with Gasteiger partial charge in [0.25, 0.3) is 0 Å². The number of carbonyl (C=O) groups is 1. The summed E-state index contributed by atoms with van der Waals surface area (Å²) in [7, 11) is 1.79. The Labute approximate surface area is 87.7 Å². The molecule has 1 fully saturated rings. The molecule has 0 radical (unpaired) electrons. The Morgan fingerprint density at radius 1 is 1.85 bits per heavy atom. The maximum Gasteiger partial charge on any atom is 0.239 e. The smallest absolute Gasteiger partial charge is 0.239 e. The third kappa shape index (κ3) is 2.86. The summed E-state index contributed by atoms with van der Waals surface area (Å²) in [6, 6.07) is -0.102. The SMILES string of the molecule is CN1CCC(NCC(Cl)=CCl)C1=O. The van der Waals surface area contributed by atoms with Gasteiger partial charge in [-0.2, -0.15) is 0 Å². The van der Waals surface area contributed by atoms with Crippen molar-refractivity contribution in [1.82, 2.24) is 10.2 Å². The summed E-state index contributed by atoms with van der Waals surface area (Å²) in [4.78, 5) is 13.1. The van der Waals surface area contributed by atoms with Gasteiger partial charge in [0.05, 0.1) is 6.04 Å². The van der Waals surface area contributed by atoms with Crippen LogP contribution in [0, 0.1) is 0 Å². The summed E-state index contributed by atoms with van der Waals surface area (Å²) in [5, 5.41) is 3.55. The fourth-order valence-corrected chi connectivity index (χ4v) is 1.43. The molecular weight excluding hydrogens is 211 g/mol. The summed E-state index contributed by atoms with van der Waals surface area (Å²) in [6.45, 7) is 1.26. The molecule has 74 valence electrons. The number of hydrogen-bond acceptors (Lipinski definition) is 2. The highest BCUT2D eigenvalue weighted by atomic mass is 35.5. The molecule has 0 bridgehead atoms. The molecule has 1 N–H and O–H groups in total. The predicted octanol–water partition coefficient (Wildman–Crippen LogP) is 1.13. The van der Waals surface area contributed by atoms with Crippen LogP contribution in [0.3, 0.4) is 0 Å². The Kier molecular flexibility index (Phi) is 4.03. The second kappa shape index (κ2) is 4.84. The molecule has 1 unspecified atom stereocenters.